The Balaban J connectivity index is 1.66. The van der Waals surface area contributed by atoms with Crippen molar-refractivity contribution in [2.75, 3.05) is 26.7 Å². The van der Waals surface area contributed by atoms with Crippen LogP contribution in [0.25, 0.3) is 0 Å². The van der Waals surface area contributed by atoms with Gasteiger partial charge in [0.2, 0.25) is 15.9 Å². The molecule has 210 valence electrons. The van der Waals surface area contributed by atoms with Gasteiger partial charge in [0, 0.05) is 31.3 Å². The smallest absolute Gasteiger partial charge is 0.259 e. The second kappa shape index (κ2) is 11.6. The molecule has 1 fully saturated rings. The van der Waals surface area contributed by atoms with Crippen LogP contribution in [0.3, 0.4) is 0 Å². The molecule has 0 spiro atoms. The van der Waals surface area contributed by atoms with Crippen LogP contribution in [0.2, 0.25) is 0 Å². The van der Waals surface area contributed by atoms with E-state index in [-0.39, 0.29) is 47.9 Å². The van der Waals surface area contributed by atoms with Crippen molar-refractivity contribution in [3.8, 4) is 17.7 Å². The second-order valence-corrected chi connectivity index (χ2v) is 12.5. The first kappa shape index (κ1) is 29.0. The molecule has 1 saturated carbocycles. The van der Waals surface area contributed by atoms with Gasteiger partial charge in [-0.25, -0.2) is 17.8 Å². The second-order valence-electron chi connectivity index (χ2n) is 10.4. The third kappa shape index (κ3) is 6.41. The summed E-state index contributed by atoms with van der Waals surface area (Å²) in [5, 5.41) is 20.4. The van der Waals surface area contributed by atoms with Crippen LogP contribution >= 0.6 is 0 Å². The molecule has 0 saturated heterocycles. The third-order valence-corrected chi connectivity index (χ3v) is 9.19. The Morgan fingerprint density at radius 1 is 1.28 bits per heavy atom. The first-order valence-electron chi connectivity index (χ1n) is 13.0. The quantitative estimate of drug-likeness (QED) is 0.522. The summed E-state index contributed by atoms with van der Waals surface area (Å²) in [6.07, 6.45) is 3.75. The Kier molecular flexibility index (Phi) is 8.61. The van der Waals surface area contributed by atoms with Crippen molar-refractivity contribution in [2.45, 2.75) is 62.2 Å². The summed E-state index contributed by atoms with van der Waals surface area (Å²) < 4.78 is 46.9. The van der Waals surface area contributed by atoms with E-state index in [0.29, 0.717) is 18.4 Å². The van der Waals surface area contributed by atoms with Crippen molar-refractivity contribution in [2.24, 2.45) is 5.92 Å². The van der Waals surface area contributed by atoms with E-state index < -0.39 is 33.6 Å². The highest BCUT2D eigenvalue weighted by atomic mass is 32.2. The van der Waals surface area contributed by atoms with Crippen LogP contribution < -0.4 is 4.74 Å². The van der Waals surface area contributed by atoms with Crippen molar-refractivity contribution < 1.29 is 32.6 Å². The molecule has 3 atom stereocenters. The summed E-state index contributed by atoms with van der Waals surface area (Å²) in [5.74, 6) is 4.61. The van der Waals surface area contributed by atoms with E-state index in [9.17, 15) is 27.8 Å². The molecule has 1 aliphatic heterocycles. The average molecular weight is 560 g/mol. The topological polar surface area (TPSA) is 120 Å². The number of likely N-dealkylation sites (N-methyl/N-ethyl adjacent to an activating group) is 1. The molecule has 9 nitrogen and oxygen atoms in total. The van der Waals surface area contributed by atoms with Gasteiger partial charge in [-0.2, -0.15) is 4.31 Å². The molecule has 1 aromatic carbocycles. The van der Waals surface area contributed by atoms with Crippen LogP contribution in [-0.2, 0) is 10.0 Å². The molecule has 1 amide bonds. The molecule has 4 rings (SSSR count). The van der Waals surface area contributed by atoms with Crippen LogP contribution in [0.5, 0.6) is 5.88 Å². The summed E-state index contributed by atoms with van der Waals surface area (Å²) in [5.41, 5.74) is -0.478. The van der Waals surface area contributed by atoms with Gasteiger partial charge in [-0.1, -0.05) is 18.8 Å². The van der Waals surface area contributed by atoms with Gasteiger partial charge < -0.3 is 19.8 Å². The van der Waals surface area contributed by atoms with Crippen molar-refractivity contribution >= 4 is 15.9 Å². The Hall–Kier alpha value is -3.04. The normalized spacial score (nSPS) is 21.8. The Labute approximate surface area is 228 Å². The van der Waals surface area contributed by atoms with E-state index in [4.69, 9.17) is 4.74 Å². The number of pyridine rings is 1. The number of fused-ring (bicyclic) bond motifs is 1. The maximum absolute atomic E-state index is 13.6. The van der Waals surface area contributed by atoms with E-state index in [2.05, 4.69) is 16.8 Å². The lowest BCUT2D eigenvalue weighted by Gasteiger charge is -2.37. The third-order valence-electron chi connectivity index (χ3n) is 7.35. The number of aliphatic hydroxyl groups excluding tert-OH is 1. The molecule has 2 aromatic rings. The zero-order valence-electron chi connectivity index (χ0n) is 22.3. The number of benzene rings is 1. The van der Waals surface area contributed by atoms with Crippen LogP contribution in [0.4, 0.5) is 4.39 Å². The number of nitrogens with zero attached hydrogens (tertiary/aromatic N) is 3. The predicted octanol–water partition coefficient (Wildman–Crippen LogP) is 2.42. The van der Waals surface area contributed by atoms with Gasteiger partial charge in [-0.05, 0) is 62.9 Å². The van der Waals surface area contributed by atoms with Gasteiger partial charge in [-0.15, -0.1) is 0 Å². The number of rotatable bonds is 6. The summed E-state index contributed by atoms with van der Waals surface area (Å²) in [4.78, 5) is 19.4. The van der Waals surface area contributed by atoms with Crippen molar-refractivity contribution in [3.63, 3.8) is 0 Å². The van der Waals surface area contributed by atoms with E-state index in [1.54, 1.807) is 13.0 Å². The van der Waals surface area contributed by atoms with Gasteiger partial charge >= 0.3 is 0 Å². The molecule has 2 aliphatic rings. The van der Waals surface area contributed by atoms with Crippen LogP contribution in [0.15, 0.2) is 41.4 Å². The summed E-state index contributed by atoms with van der Waals surface area (Å²) in [6, 6.07) is 5.62. The molecule has 0 bridgehead atoms. The molecule has 0 radical (unpaired) electrons. The maximum Gasteiger partial charge on any atom is 0.259 e. The minimum atomic E-state index is -3.95. The molecule has 1 aliphatic carbocycles. The lowest BCUT2D eigenvalue weighted by molar-refractivity contribution is 0.0373. The molecular formula is C28H34FN3O6S. The fourth-order valence-corrected chi connectivity index (χ4v) is 5.98. The summed E-state index contributed by atoms with van der Waals surface area (Å²) >= 11 is 0. The van der Waals surface area contributed by atoms with Crippen LogP contribution in [-0.4, -0.2) is 83.2 Å². The lowest BCUT2D eigenvalue weighted by Crippen LogP contribution is -2.50. The van der Waals surface area contributed by atoms with Gasteiger partial charge in [0.1, 0.15) is 23.1 Å². The number of hydrogen-bond acceptors (Lipinski definition) is 7. The van der Waals surface area contributed by atoms with E-state index in [1.165, 1.54) is 30.3 Å². The fourth-order valence-electron chi connectivity index (χ4n) is 4.80. The number of amides is 1. The van der Waals surface area contributed by atoms with Crippen LogP contribution in [0.1, 0.15) is 55.5 Å². The first-order valence-corrected chi connectivity index (χ1v) is 14.4. The Bertz CT molecular complexity index is 1370. The van der Waals surface area contributed by atoms with Crippen molar-refractivity contribution in [3.05, 3.63) is 53.5 Å². The highest BCUT2D eigenvalue weighted by Gasteiger charge is 2.36. The van der Waals surface area contributed by atoms with Gasteiger partial charge in [0.25, 0.3) is 5.91 Å². The number of halogens is 1. The zero-order chi connectivity index (χ0) is 28.4. The fraction of sp³-hybridized carbons (Fsp3) is 0.500. The van der Waals surface area contributed by atoms with Gasteiger partial charge in [-0.3, -0.25) is 4.79 Å². The Morgan fingerprint density at radius 2 is 1.95 bits per heavy atom. The minimum Gasteiger partial charge on any atom is -0.472 e. The molecular weight excluding hydrogens is 525 g/mol. The maximum atomic E-state index is 13.6. The first-order chi connectivity index (χ1) is 18.4. The Morgan fingerprint density at radius 3 is 2.59 bits per heavy atom. The van der Waals surface area contributed by atoms with Crippen LogP contribution in [0, 0.1) is 23.6 Å². The number of carbonyl (C=O) groups excluding carboxylic acids is 1. The number of ether oxygens (including phenoxy) is 1. The predicted molar refractivity (Wildman–Crippen MR) is 142 cm³/mol. The largest absolute Gasteiger partial charge is 0.472 e. The number of sulfonamides is 1. The molecule has 0 unspecified atom stereocenters. The number of hydrogen-bond donors (Lipinski definition) is 2. The standard InChI is InChI=1S/C28H34FN3O6S/c1-19-16-32(20(2)18-33)27(34)24-14-21(10-13-28(35)11-4-5-12-28)15-30-26(24)38-25(19)17-31(3)39(36,37)23-8-6-22(29)7-9-23/h6-9,14-15,19-20,25,33,35H,4-5,11-12,16-18H2,1-3H3/t19-,20-,25-/m0/s1. The highest BCUT2D eigenvalue weighted by Crippen LogP contribution is 2.30. The van der Waals surface area contributed by atoms with Crippen molar-refractivity contribution in [1.82, 2.24) is 14.2 Å². The number of aromatic nitrogens is 1. The SMILES string of the molecule is C[C@H]1CN([C@@H](C)CO)C(=O)c2cc(C#CC3(O)CCCC3)cnc2O[C@H]1CN(C)S(=O)(=O)c1ccc(F)cc1. The summed E-state index contributed by atoms with van der Waals surface area (Å²) in [7, 11) is -2.54. The van der Waals surface area contributed by atoms with Gasteiger partial charge in [0.15, 0.2) is 0 Å². The monoisotopic (exact) mass is 559 g/mol. The average Bonchev–Trinajstić information content (AvgIpc) is 3.35. The molecule has 2 heterocycles. The van der Waals surface area contributed by atoms with E-state index >= 15 is 0 Å². The molecule has 2 N–H and O–H groups in total. The molecule has 11 heteroatoms. The molecule has 39 heavy (non-hydrogen) atoms. The number of aliphatic hydroxyl groups is 2. The zero-order valence-corrected chi connectivity index (χ0v) is 23.1. The minimum absolute atomic E-state index is 0.0319. The van der Waals surface area contributed by atoms with Crippen molar-refractivity contribution in [1.29, 1.82) is 0 Å². The molecule has 1 aromatic heterocycles. The van der Waals surface area contributed by atoms with E-state index in [1.807, 2.05) is 6.92 Å². The highest BCUT2D eigenvalue weighted by molar-refractivity contribution is 7.89. The number of carbonyl (C=O) groups is 1. The van der Waals surface area contributed by atoms with Gasteiger partial charge in [0.05, 0.1) is 24.1 Å². The van der Waals surface area contributed by atoms with E-state index in [0.717, 1.165) is 29.3 Å². The summed E-state index contributed by atoms with van der Waals surface area (Å²) in [6.45, 7) is 3.43. The lowest BCUT2D eigenvalue weighted by atomic mass is 10.00.